The van der Waals surface area contributed by atoms with E-state index in [2.05, 4.69) is 47.7 Å². The van der Waals surface area contributed by atoms with E-state index in [1.165, 1.54) is 6.21 Å². The highest BCUT2D eigenvalue weighted by molar-refractivity contribution is 9.10. The van der Waals surface area contributed by atoms with E-state index in [1.54, 1.807) is 36.4 Å². The monoisotopic (exact) mass is 587 g/mol. The van der Waals surface area contributed by atoms with Crippen molar-refractivity contribution < 1.29 is 19.1 Å². The van der Waals surface area contributed by atoms with Gasteiger partial charge in [0, 0.05) is 10.2 Å². The average molecular weight is 589 g/mol. The number of rotatable bonds is 8. The molecular weight excluding hydrogens is 566 g/mol. The van der Waals surface area contributed by atoms with E-state index in [0.29, 0.717) is 40.4 Å². The van der Waals surface area contributed by atoms with Crippen molar-refractivity contribution in [3.63, 3.8) is 0 Å². The Bertz CT molecular complexity index is 1200. The van der Waals surface area contributed by atoms with Gasteiger partial charge in [-0.25, -0.2) is 5.43 Å². The van der Waals surface area contributed by atoms with E-state index in [-0.39, 0.29) is 0 Å². The van der Waals surface area contributed by atoms with Crippen LogP contribution in [-0.4, -0.2) is 24.6 Å². The maximum Gasteiger partial charge on any atom is 0.329 e. The van der Waals surface area contributed by atoms with Crippen LogP contribution in [0.15, 0.2) is 74.7 Å². The molecule has 0 aliphatic carbocycles. The molecule has 34 heavy (non-hydrogen) atoms. The second-order valence-electron chi connectivity index (χ2n) is 7.14. The molecule has 0 spiro atoms. The molecule has 0 saturated heterocycles. The Morgan fingerprint density at radius 1 is 1.00 bits per heavy atom. The van der Waals surface area contributed by atoms with Crippen molar-refractivity contribution in [2.24, 2.45) is 5.10 Å². The zero-order chi connectivity index (χ0) is 24.5. The molecule has 0 heterocycles. The van der Waals surface area contributed by atoms with Crippen molar-refractivity contribution in [3.05, 3.63) is 86.3 Å². The van der Waals surface area contributed by atoms with Crippen molar-refractivity contribution in [2.75, 3.05) is 11.9 Å². The van der Waals surface area contributed by atoms with Crippen LogP contribution in [0.4, 0.5) is 5.69 Å². The molecule has 0 saturated carbocycles. The van der Waals surface area contributed by atoms with E-state index in [1.807, 2.05) is 38.1 Å². The highest BCUT2D eigenvalue weighted by Crippen LogP contribution is 2.37. The van der Waals surface area contributed by atoms with E-state index in [4.69, 9.17) is 9.47 Å². The molecule has 0 atom stereocenters. The Morgan fingerprint density at radius 3 is 2.44 bits per heavy atom. The molecule has 0 aromatic heterocycles. The number of benzene rings is 3. The predicted octanol–water partition coefficient (Wildman–Crippen LogP) is 5.59. The normalized spacial score (nSPS) is 10.7. The first kappa shape index (κ1) is 25.5. The third-order valence-corrected chi connectivity index (χ3v) is 5.77. The van der Waals surface area contributed by atoms with E-state index in [9.17, 15) is 9.59 Å². The minimum atomic E-state index is -0.888. The van der Waals surface area contributed by atoms with Gasteiger partial charge in [0.25, 0.3) is 0 Å². The maximum absolute atomic E-state index is 12.0. The molecule has 2 N–H and O–H groups in total. The van der Waals surface area contributed by atoms with Crippen LogP contribution in [0.3, 0.4) is 0 Å². The fraction of sp³-hybridized carbons (Fsp3) is 0.160. The molecule has 9 heteroatoms. The number of anilines is 1. The summed E-state index contributed by atoms with van der Waals surface area (Å²) in [5.41, 5.74) is 5.58. The standard InChI is InChI=1S/C25H23Br2N3O4/c1-3-33-22-13-17(12-21(27)23(22)34-15-18-7-5-4-6-16(18)2)14-28-30-25(32)24(31)29-20-10-8-19(26)9-11-20/h4-14H,3,15H2,1-2H3,(H,29,31)(H,30,32)/b28-14+. The summed E-state index contributed by atoms with van der Waals surface area (Å²) in [4.78, 5) is 24.1. The van der Waals surface area contributed by atoms with E-state index < -0.39 is 11.8 Å². The number of nitrogens with zero attached hydrogens (tertiary/aromatic N) is 1. The highest BCUT2D eigenvalue weighted by atomic mass is 79.9. The van der Waals surface area contributed by atoms with Gasteiger partial charge in [-0.05, 0) is 82.9 Å². The molecule has 0 bridgehead atoms. The first-order valence-corrected chi connectivity index (χ1v) is 12.0. The lowest BCUT2D eigenvalue weighted by Gasteiger charge is -2.15. The van der Waals surface area contributed by atoms with Crippen LogP contribution in [0.2, 0.25) is 0 Å². The van der Waals surface area contributed by atoms with Crippen LogP contribution in [0.5, 0.6) is 11.5 Å². The van der Waals surface area contributed by atoms with Crippen molar-refractivity contribution in [3.8, 4) is 11.5 Å². The van der Waals surface area contributed by atoms with Crippen LogP contribution in [0, 0.1) is 6.92 Å². The largest absolute Gasteiger partial charge is 0.490 e. The van der Waals surface area contributed by atoms with Gasteiger partial charge in [-0.15, -0.1) is 0 Å². The Kier molecular flexibility index (Phi) is 9.24. The summed E-state index contributed by atoms with van der Waals surface area (Å²) in [6.07, 6.45) is 1.42. The number of hydrazone groups is 1. The van der Waals surface area contributed by atoms with Gasteiger partial charge >= 0.3 is 11.8 Å². The van der Waals surface area contributed by atoms with Crippen LogP contribution >= 0.6 is 31.9 Å². The van der Waals surface area contributed by atoms with E-state index in [0.717, 1.165) is 15.6 Å². The van der Waals surface area contributed by atoms with Crippen LogP contribution in [0.25, 0.3) is 0 Å². The maximum atomic E-state index is 12.0. The number of aryl methyl sites for hydroxylation is 1. The average Bonchev–Trinajstić information content (AvgIpc) is 2.81. The van der Waals surface area contributed by atoms with Crippen molar-refractivity contribution in [2.45, 2.75) is 20.5 Å². The Labute approximate surface area is 214 Å². The predicted molar refractivity (Wildman–Crippen MR) is 139 cm³/mol. The number of hydrogen-bond acceptors (Lipinski definition) is 5. The Balaban J connectivity index is 1.65. The Morgan fingerprint density at radius 2 is 1.74 bits per heavy atom. The summed E-state index contributed by atoms with van der Waals surface area (Å²) in [5, 5.41) is 6.39. The van der Waals surface area contributed by atoms with Gasteiger partial charge in [0.05, 0.1) is 17.3 Å². The third kappa shape index (κ3) is 7.16. The van der Waals surface area contributed by atoms with Gasteiger partial charge in [0.1, 0.15) is 6.61 Å². The first-order chi connectivity index (χ1) is 16.4. The molecule has 0 radical (unpaired) electrons. The summed E-state index contributed by atoms with van der Waals surface area (Å²) in [5.74, 6) is -0.608. The SMILES string of the molecule is CCOc1cc(/C=N/NC(=O)C(=O)Nc2ccc(Br)cc2)cc(Br)c1OCc1ccccc1C. The number of halogens is 2. The van der Waals surface area contributed by atoms with Crippen molar-refractivity contribution >= 4 is 55.6 Å². The molecule has 0 unspecified atom stereocenters. The second-order valence-corrected chi connectivity index (χ2v) is 8.91. The topological polar surface area (TPSA) is 89.0 Å². The number of carbonyl (C=O) groups excluding carboxylic acids is 2. The van der Waals surface area contributed by atoms with Gasteiger partial charge in [-0.1, -0.05) is 40.2 Å². The zero-order valence-corrected chi connectivity index (χ0v) is 21.8. The fourth-order valence-electron chi connectivity index (χ4n) is 2.92. The summed E-state index contributed by atoms with van der Waals surface area (Å²) < 4.78 is 13.3. The summed E-state index contributed by atoms with van der Waals surface area (Å²) >= 11 is 6.84. The quantitative estimate of drug-likeness (QED) is 0.204. The number of carbonyl (C=O) groups is 2. The number of nitrogens with one attached hydrogen (secondary N) is 2. The molecule has 0 fully saturated rings. The van der Waals surface area contributed by atoms with Crippen molar-refractivity contribution in [1.82, 2.24) is 5.43 Å². The first-order valence-electron chi connectivity index (χ1n) is 10.4. The molecule has 2 amide bonds. The molecule has 0 aliphatic rings. The molecule has 3 aromatic rings. The van der Waals surface area contributed by atoms with Gasteiger partial charge in [0.15, 0.2) is 11.5 Å². The number of ether oxygens (including phenoxy) is 2. The molecular formula is C25H23Br2N3O4. The van der Waals surface area contributed by atoms with Gasteiger partial charge in [-0.3, -0.25) is 9.59 Å². The second kappa shape index (κ2) is 12.3. The van der Waals surface area contributed by atoms with Gasteiger partial charge in [0.2, 0.25) is 0 Å². The fourth-order valence-corrected chi connectivity index (χ4v) is 3.76. The molecule has 3 rings (SSSR count). The molecule has 3 aromatic carbocycles. The molecule has 0 aliphatic heterocycles. The number of hydrogen-bond donors (Lipinski definition) is 2. The highest BCUT2D eigenvalue weighted by Gasteiger charge is 2.14. The molecule has 7 nitrogen and oxygen atoms in total. The summed E-state index contributed by atoms with van der Waals surface area (Å²) in [6, 6.07) is 18.4. The zero-order valence-electron chi connectivity index (χ0n) is 18.6. The van der Waals surface area contributed by atoms with Crippen LogP contribution in [-0.2, 0) is 16.2 Å². The van der Waals surface area contributed by atoms with Gasteiger partial charge in [-0.2, -0.15) is 5.10 Å². The van der Waals surface area contributed by atoms with Crippen LogP contribution in [0.1, 0.15) is 23.6 Å². The minimum absolute atomic E-state index is 0.391. The van der Waals surface area contributed by atoms with Gasteiger partial charge < -0.3 is 14.8 Å². The third-order valence-electron chi connectivity index (χ3n) is 4.65. The van der Waals surface area contributed by atoms with Crippen LogP contribution < -0.4 is 20.2 Å². The number of amides is 2. The summed E-state index contributed by atoms with van der Waals surface area (Å²) in [7, 11) is 0. The summed E-state index contributed by atoms with van der Waals surface area (Å²) in [6.45, 7) is 4.75. The van der Waals surface area contributed by atoms with E-state index >= 15 is 0 Å². The lowest BCUT2D eigenvalue weighted by Crippen LogP contribution is -2.32. The Hall–Kier alpha value is -3.17. The lowest BCUT2D eigenvalue weighted by molar-refractivity contribution is -0.136. The molecule has 176 valence electrons. The smallest absolute Gasteiger partial charge is 0.329 e. The van der Waals surface area contributed by atoms with Crippen molar-refractivity contribution in [1.29, 1.82) is 0 Å². The lowest BCUT2D eigenvalue weighted by atomic mass is 10.1. The minimum Gasteiger partial charge on any atom is -0.490 e.